The second-order valence-corrected chi connectivity index (χ2v) is 8.53. The summed E-state index contributed by atoms with van der Waals surface area (Å²) in [6.07, 6.45) is 0.849. The molecular weight excluding hydrogens is 378 g/mol. The van der Waals surface area contributed by atoms with Crippen molar-refractivity contribution in [2.45, 2.75) is 30.7 Å². The number of aryl methyl sites for hydroxylation is 1. The van der Waals surface area contributed by atoms with Crippen molar-refractivity contribution in [2.75, 3.05) is 6.54 Å². The van der Waals surface area contributed by atoms with Gasteiger partial charge in [-0.3, -0.25) is 4.79 Å². The summed E-state index contributed by atoms with van der Waals surface area (Å²) in [4.78, 5) is 23.0. The minimum Gasteiger partial charge on any atom is -0.355 e. The van der Waals surface area contributed by atoms with Gasteiger partial charge < -0.3 is 5.32 Å². The van der Waals surface area contributed by atoms with E-state index in [1.165, 1.54) is 16.6 Å². The lowest BCUT2D eigenvalue weighted by Gasteiger charge is -2.12. The van der Waals surface area contributed by atoms with Gasteiger partial charge >= 0.3 is 0 Å². The molecule has 0 radical (unpaired) electrons. The van der Waals surface area contributed by atoms with Crippen LogP contribution >= 0.6 is 23.1 Å². The summed E-state index contributed by atoms with van der Waals surface area (Å²) >= 11 is 3.10. The van der Waals surface area contributed by atoms with Gasteiger partial charge in [-0.15, -0.1) is 16.4 Å². The third-order valence-electron chi connectivity index (χ3n) is 4.16. The first kappa shape index (κ1) is 17.9. The number of benzene rings is 1. The normalized spacial score (nSPS) is 12.5. The molecule has 0 bridgehead atoms. The Labute approximate surface area is 165 Å². The maximum absolute atomic E-state index is 12.5. The van der Waals surface area contributed by atoms with Crippen molar-refractivity contribution in [1.29, 1.82) is 0 Å². The van der Waals surface area contributed by atoms with Gasteiger partial charge in [0.15, 0.2) is 10.8 Å². The maximum Gasteiger partial charge on any atom is 0.233 e. The Bertz CT molecular complexity index is 1090. The standard InChI is InChI=1S/C19H19N5OS2/c1-12(18(25)20-10-9-14-6-5-11-26-14)27-19-22-16-8-4-3-7-15(16)17-21-13(2)23-24(17)19/h3-8,11-12H,9-10H2,1-2H3,(H,20,25). The molecule has 1 amide bonds. The van der Waals surface area contributed by atoms with Crippen LogP contribution in [0.25, 0.3) is 16.6 Å². The van der Waals surface area contributed by atoms with E-state index in [1.54, 1.807) is 15.9 Å². The fourth-order valence-corrected chi connectivity index (χ4v) is 4.42. The molecule has 6 nitrogen and oxygen atoms in total. The van der Waals surface area contributed by atoms with Crippen LogP contribution in [0.15, 0.2) is 46.9 Å². The van der Waals surface area contributed by atoms with Crippen molar-refractivity contribution in [3.63, 3.8) is 0 Å². The quantitative estimate of drug-likeness (QED) is 0.398. The molecule has 138 valence electrons. The average molecular weight is 398 g/mol. The summed E-state index contributed by atoms with van der Waals surface area (Å²) in [5, 5.41) is 10.9. The Kier molecular flexibility index (Phi) is 5.09. The Morgan fingerprint density at radius 1 is 1.26 bits per heavy atom. The zero-order valence-electron chi connectivity index (χ0n) is 15.0. The largest absolute Gasteiger partial charge is 0.355 e. The molecule has 4 aromatic rings. The SMILES string of the molecule is Cc1nc2c3ccccc3nc(SC(C)C(=O)NCCc3cccs3)n2n1. The Balaban J connectivity index is 1.52. The highest BCUT2D eigenvalue weighted by Crippen LogP contribution is 2.26. The van der Waals surface area contributed by atoms with E-state index in [2.05, 4.69) is 21.5 Å². The van der Waals surface area contributed by atoms with Crippen molar-refractivity contribution < 1.29 is 4.79 Å². The van der Waals surface area contributed by atoms with Crippen LogP contribution in [0.1, 0.15) is 17.6 Å². The van der Waals surface area contributed by atoms with E-state index in [1.807, 2.05) is 49.6 Å². The highest BCUT2D eigenvalue weighted by molar-refractivity contribution is 8.00. The smallest absolute Gasteiger partial charge is 0.233 e. The van der Waals surface area contributed by atoms with Crippen LogP contribution in [0, 0.1) is 6.92 Å². The minimum atomic E-state index is -0.283. The lowest BCUT2D eigenvalue weighted by atomic mass is 10.2. The van der Waals surface area contributed by atoms with Gasteiger partial charge in [-0.1, -0.05) is 30.0 Å². The molecule has 4 rings (SSSR count). The van der Waals surface area contributed by atoms with Crippen LogP contribution in [0.5, 0.6) is 0 Å². The maximum atomic E-state index is 12.5. The number of para-hydroxylation sites is 1. The van der Waals surface area contributed by atoms with Gasteiger partial charge in [-0.2, -0.15) is 4.52 Å². The van der Waals surface area contributed by atoms with E-state index >= 15 is 0 Å². The first-order valence-electron chi connectivity index (χ1n) is 8.70. The molecule has 0 spiro atoms. The third kappa shape index (κ3) is 3.81. The van der Waals surface area contributed by atoms with Crippen LogP contribution in [-0.4, -0.2) is 37.3 Å². The number of thioether (sulfide) groups is 1. The van der Waals surface area contributed by atoms with Crippen molar-refractivity contribution in [3.8, 4) is 0 Å². The second-order valence-electron chi connectivity index (χ2n) is 6.19. The van der Waals surface area contributed by atoms with Gasteiger partial charge in [0.05, 0.1) is 10.8 Å². The summed E-state index contributed by atoms with van der Waals surface area (Å²) in [6.45, 7) is 4.38. The van der Waals surface area contributed by atoms with Crippen molar-refractivity contribution in [2.24, 2.45) is 0 Å². The van der Waals surface area contributed by atoms with E-state index in [4.69, 9.17) is 4.98 Å². The molecule has 0 aliphatic carbocycles. The van der Waals surface area contributed by atoms with E-state index in [0.29, 0.717) is 17.5 Å². The summed E-state index contributed by atoms with van der Waals surface area (Å²) in [6, 6.07) is 12.0. The first-order valence-corrected chi connectivity index (χ1v) is 10.5. The number of hydrogen-bond acceptors (Lipinski definition) is 6. The molecule has 1 aromatic carbocycles. The van der Waals surface area contributed by atoms with Crippen molar-refractivity contribution in [1.82, 2.24) is 24.9 Å². The first-order chi connectivity index (χ1) is 13.1. The van der Waals surface area contributed by atoms with Crippen LogP contribution in [-0.2, 0) is 11.2 Å². The monoisotopic (exact) mass is 397 g/mol. The van der Waals surface area contributed by atoms with Crippen LogP contribution < -0.4 is 5.32 Å². The summed E-state index contributed by atoms with van der Waals surface area (Å²) < 4.78 is 1.73. The molecule has 0 saturated heterocycles. The van der Waals surface area contributed by atoms with Crippen molar-refractivity contribution in [3.05, 3.63) is 52.5 Å². The number of aromatic nitrogens is 4. The molecule has 8 heteroatoms. The number of carbonyl (C=O) groups is 1. The number of hydrogen-bond donors (Lipinski definition) is 1. The lowest BCUT2D eigenvalue weighted by molar-refractivity contribution is -0.120. The van der Waals surface area contributed by atoms with Gasteiger partial charge in [-0.25, -0.2) is 9.97 Å². The minimum absolute atomic E-state index is 0.00324. The predicted octanol–water partition coefficient (Wildman–Crippen LogP) is 3.49. The van der Waals surface area contributed by atoms with Crippen molar-refractivity contribution >= 4 is 45.6 Å². The molecular formula is C19H19N5OS2. The Hall–Kier alpha value is -2.45. The number of fused-ring (bicyclic) bond motifs is 3. The van der Waals surface area contributed by atoms with E-state index in [-0.39, 0.29) is 11.2 Å². The highest BCUT2D eigenvalue weighted by Gasteiger charge is 2.19. The Morgan fingerprint density at radius 3 is 2.93 bits per heavy atom. The number of nitrogens with one attached hydrogen (secondary N) is 1. The molecule has 0 aliphatic rings. The molecule has 27 heavy (non-hydrogen) atoms. The van der Waals surface area contributed by atoms with Gasteiger partial charge in [0.25, 0.3) is 0 Å². The highest BCUT2D eigenvalue weighted by atomic mass is 32.2. The zero-order chi connectivity index (χ0) is 18.8. The predicted molar refractivity (Wildman–Crippen MR) is 109 cm³/mol. The molecule has 1 unspecified atom stereocenters. The van der Waals surface area contributed by atoms with Crippen LogP contribution in [0.3, 0.4) is 0 Å². The molecule has 3 heterocycles. The molecule has 0 fully saturated rings. The van der Waals surface area contributed by atoms with Gasteiger partial charge in [-0.05, 0) is 43.8 Å². The average Bonchev–Trinajstić information content (AvgIpc) is 3.31. The number of thiophene rings is 1. The van der Waals surface area contributed by atoms with Gasteiger partial charge in [0.2, 0.25) is 5.91 Å². The summed E-state index contributed by atoms with van der Waals surface area (Å²) in [5.41, 5.74) is 1.62. The Morgan fingerprint density at radius 2 is 2.11 bits per heavy atom. The molecule has 0 aliphatic heterocycles. The van der Waals surface area contributed by atoms with E-state index in [9.17, 15) is 4.79 Å². The fourth-order valence-electron chi connectivity index (χ4n) is 2.83. The van der Waals surface area contributed by atoms with Crippen LogP contribution in [0.4, 0.5) is 0 Å². The summed E-state index contributed by atoms with van der Waals surface area (Å²) in [7, 11) is 0. The zero-order valence-corrected chi connectivity index (χ0v) is 16.7. The number of carbonyl (C=O) groups excluding carboxylic acids is 1. The molecule has 1 N–H and O–H groups in total. The van der Waals surface area contributed by atoms with E-state index in [0.717, 1.165) is 23.0 Å². The fraction of sp³-hybridized carbons (Fsp3) is 0.263. The molecule has 0 saturated carbocycles. The lowest BCUT2D eigenvalue weighted by Crippen LogP contribution is -2.32. The van der Waals surface area contributed by atoms with Crippen LogP contribution in [0.2, 0.25) is 0 Å². The van der Waals surface area contributed by atoms with E-state index < -0.39 is 0 Å². The molecule has 3 aromatic heterocycles. The number of nitrogens with zero attached hydrogens (tertiary/aromatic N) is 4. The summed E-state index contributed by atoms with van der Waals surface area (Å²) in [5.74, 6) is 0.680. The third-order valence-corrected chi connectivity index (χ3v) is 6.14. The number of amides is 1. The second kappa shape index (κ2) is 7.66. The molecule has 1 atom stereocenters. The van der Waals surface area contributed by atoms with Gasteiger partial charge in [0.1, 0.15) is 5.82 Å². The van der Waals surface area contributed by atoms with Gasteiger partial charge in [0, 0.05) is 16.8 Å². The number of rotatable bonds is 6. The topological polar surface area (TPSA) is 72.2 Å².